The number of halogens is 1. The number of fused-ring (bicyclic) bond motifs is 1. The van der Waals surface area contributed by atoms with E-state index in [2.05, 4.69) is 26.1 Å². The molecule has 2 aromatic rings. The van der Waals surface area contributed by atoms with E-state index in [0.717, 1.165) is 37.1 Å². The number of nitrogens with zero attached hydrogens (tertiary/aromatic N) is 2. The van der Waals surface area contributed by atoms with Crippen LogP contribution in [-0.4, -0.2) is 32.9 Å². The van der Waals surface area contributed by atoms with Crippen molar-refractivity contribution in [1.82, 2.24) is 9.78 Å². The standard InChI is InChI=1S/C24H33FN4O2/c1-13-11-24(3,4)12-20-21(13)14(2)28-29(20)16-9-18(25)22(23(26)31)19(10-16)27-15-5-7-17(30)8-6-15/h9-10,13,15,17,27,30H,5-8,11-12H2,1-4H3,(H2,26,31)/t13?,15-,17-. The number of anilines is 1. The molecule has 2 aliphatic rings. The highest BCUT2D eigenvalue weighted by atomic mass is 19.1. The van der Waals surface area contributed by atoms with E-state index >= 15 is 4.39 Å². The van der Waals surface area contributed by atoms with Crippen LogP contribution in [0.5, 0.6) is 0 Å². The number of aliphatic hydroxyl groups is 1. The Morgan fingerprint density at radius 3 is 2.61 bits per heavy atom. The third kappa shape index (κ3) is 4.20. The molecule has 1 saturated carbocycles. The maximum atomic E-state index is 15.1. The van der Waals surface area contributed by atoms with Crippen LogP contribution in [0.1, 0.15) is 86.1 Å². The Hall–Kier alpha value is -2.41. The first-order chi connectivity index (χ1) is 14.6. The minimum Gasteiger partial charge on any atom is -0.393 e. The third-order valence-corrected chi connectivity index (χ3v) is 6.83. The van der Waals surface area contributed by atoms with Gasteiger partial charge in [0, 0.05) is 17.8 Å². The fourth-order valence-corrected chi connectivity index (χ4v) is 5.59. The van der Waals surface area contributed by atoms with Crippen molar-refractivity contribution < 1.29 is 14.3 Å². The van der Waals surface area contributed by atoms with E-state index < -0.39 is 11.7 Å². The smallest absolute Gasteiger partial charge is 0.253 e. The summed E-state index contributed by atoms with van der Waals surface area (Å²) in [6, 6.07) is 3.20. The molecule has 4 rings (SSSR count). The molecule has 0 radical (unpaired) electrons. The molecule has 168 valence electrons. The largest absolute Gasteiger partial charge is 0.393 e. The second-order valence-electron chi connectivity index (χ2n) is 10.2. The summed E-state index contributed by atoms with van der Waals surface area (Å²) >= 11 is 0. The van der Waals surface area contributed by atoms with Gasteiger partial charge in [-0.25, -0.2) is 9.07 Å². The number of amides is 1. The van der Waals surface area contributed by atoms with Gasteiger partial charge in [0.05, 0.1) is 28.7 Å². The van der Waals surface area contributed by atoms with E-state index in [1.54, 1.807) is 6.07 Å². The molecule has 4 N–H and O–H groups in total. The Kier molecular flexibility index (Phi) is 5.58. The summed E-state index contributed by atoms with van der Waals surface area (Å²) < 4.78 is 16.9. The van der Waals surface area contributed by atoms with Gasteiger partial charge in [0.25, 0.3) is 5.91 Å². The molecule has 1 aromatic heterocycles. The minimum absolute atomic E-state index is 0.0587. The Labute approximate surface area is 183 Å². The Bertz CT molecular complexity index is 1010. The highest BCUT2D eigenvalue weighted by molar-refractivity contribution is 5.99. The van der Waals surface area contributed by atoms with Crippen molar-refractivity contribution in [2.75, 3.05) is 5.32 Å². The third-order valence-electron chi connectivity index (χ3n) is 6.83. The topological polar surface area (TPSA) is 93.2 Å². The minimum atomic E-state index is -0.796. The predicted octanol–water partition coefficient (Wildman–Crippen LogP) is 4.21. The normalized spacial score (nSPS) is 25.2. The number of hydrogen-bond donors (Lipinski definition) is 3. The lowest BCUT2D eigenvalue weighted by molar-refractivity contribution is 0.0996. The van der Waals surface area contributed by atoms with Crippen molar-refractivity contribution in [2.24, 2.45) is 11.1 Å². The van der Waals surface area contributed by atoms with Crippen LogP contribution >= 0.6 is 0 Å². The second kappa shape index (κ2) is 7.93. The van der Waals surface area contributed by atoms with Gasteiger partial charge in [0.2, 0.25) is 0 Å². The monoisotopic (exact) mass is 428 g/mol. The summed E-state index contributed by atoms with van der Waals surface area (Å²) in [5.41, 5.74) is 9.84. The molecule has 6 nitrogen and oxygen atoms in total. The van der Waals surface area contributed by atoms with Gasteiger partial charge in [-0.3, -0.25) is 4.79 Å². The van der Waals surface area contributed by atoms with Crippen LogP contribution in [0.3, 0.4) is 0 Å². The fraction of sp³-hybridized carbons (Fsp3) is 0.583. The maximum absolute atomic E-state index is 15.1. The van der Waals surface area contributed by atoms with Crippen molar-refractivity contribution in [3.05, 3.63) is 40.5 Å². The summed E-state index contributed by atoms with van der Waals surface area (Å²) in [7, 11) is 0. The molecule has 0 bridgehead atoms. The van der Waals surface area contributed by atoms with Crippen LogP contribution in [0.2, 0.25) is 0 Å². The van der Waals surface area contributed by atoms with Crippen LogP contribution in [0.4, 0.5) is 10.1 Å². The summed E-state index contributed by atoms with van der Waals surface area (Å²) in [6.07, 6.45) is 4.54. The number of carbonyl (C=O) groups is 1. The van der Waals surface area contributed by atoms with E-state index in [1.165, 1.54) is 11.6 Å². The fourth-order valence-electron chi connectivity index (χ4n) is 5.59. The molecule has 2 aliphatic carbocycles. The Balaban J connectivity index is 1.78. The average Bonchev–Trinajstić information content (AvgIpc) is 2.98. The quantitative estimate of drug-likeness (QED) is 0.680. The molecular formula is C24H33FN4O2. The molecule has 1 heterocycles. The number of hydrogen-bond acceptors (Lipinski definition) is 4. The van der Waals surface area contributed by atoms with Crippen molar-refractivity contribution in [3.63, 3.8) is 0 Å². The van der Waals surface area contributed by atoms with Crippen molar-refractivity contribution in [3.8, 4) is 5.69 Å². The molecule has 7 heteroatoms. The number of aromatic nitrogens is 2. The first-order valence-electron chi connectivity index (χ1n) is 11.2. The van der Waals surface area contributed by atoms with E-state index in [1.807, 2.05) is 11.6 Å². The molecular weight excluding hydrogens is 395 g/mol. The molecule has 0 spiro atoms. The lowest BCUT2D eigenvalue weighted by Gasteiger charge is -2.34. The lowest BCUT2D eigenvalue weighted by Crippen LogP contribution is -2.30. The number of nitrogens with one attached hydrogen (secondary N) is 1. The Morgan fingerprint density at radius 1 is 1.29 bits per heavy atom. The number of benzene rings is 1. The molecule has 1 fully saturated rings. The summed E-state index contributed by atoms with van der Waals surface area (Å²) in [5.74, 6) is -1.06. The van der Waals surface area contributed by atoms with Gasteiger partial charge in [-0.15, -0.1) is 0 Å². The predicted molar refractivity (Wildman–Crippen MR) is 119 cm³/mol. The Morgan fingerprint density at radius 2 is 1.97 bits per heavy atom. The number of aliphatic hydroxyl groups excluding tert-OH is 1. The molecule has 0 aliphatic heterocycles. The summed E-state index contributed by atoms with van der Waals surface area (Å²) in [6.45, 7) is 8.73. The summed E-state index contributed by atoms with van der Waals surface area (Å²) in [4.78, 5) is 12.0. The molecule has 31 heavy (non-hydrogen) atoms. The highest BCUT2D eigenvalue weighted by Gasteiger charge is 2.35. The number of primary amides is 1. The van der Waals surface area contributed by atoms with E-state index in [-0.39, 0.29) is 23.1 Å². The van der Waals surface area contributed by atoms with Crippen LogP contribution in [0.15, 0.2) is 12.1 Å². The van der Waals surface area contributed by atoms with Crippen LogP contribution in [0.25, 0.3) is 5.69 Å². The zero-order chi connectivity index (χ0) is 22.5. The van der Waals surface area contributed by atoms with Gasteiger partial charge in [-0.2, -0.15) is 5.10 Å². The molecule has 1 unspecified atom stereocenters. The average molecular weight is 429 g/mol. The number of carbonyl (C=O) groups excluding carboxylic acids is 1. The van der Waals surface area contributed by atoms with E-state index in [0.29, 0.717) is 30.1 Å². The van der Waals surface area contributed by atoms with Gasteiger partial charge in [-0.1, -0.05) is 20.8 Å². The molecule has 1 aromatic carbocycles. The lowest BCUT2D eigenvalue weighted by atomic mass is 9.71. The van der Waals surface area contributed by atoms with E-state index in [9.17, 15) is 9.90 Å². The molecule has 0 saturated heterocycles. The molecule has 1 atom stereocenters. The first kappa shape index (κ1) is 21.8. The van der Waals surface area contributed by atoms with Gasteiger partial charge >= 0.3 is 0 Å². The van der Waals surface area contributed by atoms with Crippen LogP contribution in [-0.2, 0) is 6.42 Å². The zero-order valence-corrected chi connectivity index (χ0v) is 18.8. The zero-order valence-electron chi connectivity index (χ0n) is 18.8. The van der Waals surface area contributed by atoms with Gasteiger partial charge in [0.1, 0.15) is 5.82 Å². The van der Waals surface area contributed by atoms with Crippen LogP contribution < -0.4 is 11.1 Å². The number of rotatable bonds is 4. The van der Waals surface area contributed by atoms with Gasteiger partial charge < -0.3 is 16.2 Å². The van der Waals surface area contributed by atoms with Crippen molar-refractivity contribution in [1.29, 1.82) is 0 Å². The van der Waals surface area contributed by atoms with Crippen LogP contribution in [0, 0.1) is 18.2 Å². The van der Waals surface area contributed by atoms with Crippen molar-refractivity contribution in [2.45, 2.75) is 84.3 Å². The van der Waals surface area contributed by atoms with Crippen molar-refractivity contribution >= 4 is 11.6 Å². The van der Waals surface area contributed by atoms with E-state index in [4.69, 9.17) is 10.8 Å². The number of nitrogens with two attached hydrogens (primary N) is 1. The number of aryl methyl sites for hydroxylation is 1. The van der Waals surface area contributed by atoms with Gasteiger partial charge in [-0.05, 0) is 68.4 Å². The second-order valence-corrected chi connectivity index (χ2v) is 10.2. The SMILES string of the molecule is Cc1nn(-c2cc(F)c(C(N)=O)c(N[C@H]3CC[C@H](O)CC3)c2)c2c1C(C)CC(C)(C)C2. The van der Waals surface area contributed by atoms with Gasteiger partial charge in [0.15, 0.2) is 0 Å². The summed E-state index contributed by atoms with van der Waals surface area (Å²) in [5, 5.41) is 17.9. The maximum Gasteiger partial charge on any atom is 0.253 e. The first-order valence-corrected chi connectivity index (χ1v) is 11.2. The molecule has 1 amide bonds. The highest BCUT2D eigenvalue weighted by Crippen LogP contribution is 2.44.